The molecule has 0 bridgehead atoms. The van der Waals surface area contributed by atoms with Crippen LogP contribution in [0.1, 0.15) is 43.7 Å². The molecule has 30 heavy (non-hydrogen) atoms. The Labute approximate surface area is 176 Å². The minimum absolute atomic E-state index is 0.0313. The Hall–Kier alpha value is -3.06. The van der Waals surface area contributed by atoms with Crippen molar-refractivity contribution in [3.8, 4) is 34.6 Å². The number of rotatable bonds is 5. The summed E-state index contributed by atoms with van der Waals surface area (Å²) in [5.74, 6) is 0.984. The second kappa shape index (κ2) is 8.36. The fourth-order valence-corrected chi connectivity index (χ4v) is 4.12. The van der Waals surface area contributed by atoms with Crippen LogP contribution in [0.15, 0.2) is 36.4 Å². The third-order valence-electron chi connectivity index (χ3n) is 5.83. The summed E-state index contributed by atoms with van der Waals surface area (Å²) in [5.41, 5.74) is 3.06. The van der Waals surface area contributed by atoms with Gasteiger partial charge in [0.1, 0.15) is 11.5 Å². The quantitative estimate of drug-likeness (QED) is 0.513. The Morgan fingerprint density at radius 2 is 1.70 bits per heavy atom. The standard InChI is InChI=1S/C23H28N4O3/c1-14(2)18-12-19(21(29)13-20(18)28)22-25-26-23(30)27(22)17-5-3-15(4-6-17)11-16-7-9-24-10-8-16/h3-6,12-14,16,24,28-29H,7-11H2,1-2H3,(H,26,30). The van der Waals surface area contributed by atoms with Crippen molar-refractivity contribution < 1.29 is 15.3 Å². The number of hydrogen-bond donors (Lipinski definition) is 4. The summed E-state index contributed by atoms with van der Waals surface area (Å²) in [5, 5.41) is 42.2. The molecule has 4 rings (SSSR count). The van der Waals surface area contributed by atoms with Crippen LogP contribution >= 0.6 is 0 Å². The second-order valence-electron chi connectivity index (χ2n) is 8.31. The van der Waals surface area contributed by atoms with E-state index in [0.29, 0.717) is 28.6 Å². The van der Waals surface area contributed by atoms with Crippen LogP contribution in [0.4, 0.5) is 0 Å². The lowest BCUT2D eigenvalue weighted by molar-refractivity contribution is 0.372. The number of nitrogens with zero attached hydrogens (tertiary/aromatic N) is 3. The van der Waals surface area contributed by atoms with E-state index in [1.807, 2.05) is 26.0 Å². The monoisotopic (exact) mass is 408 g/mol. The Bertz CT molecular complexity index is 1020. The smallest absolute Gasteiger partial charge is 0.319 e. The maximum absolute atomic E-state index is 10.4. The molecular formula is C23H28N4O3. The fourth-order valence-electron chi connectivity index (χ4n) is 4.12. The number of aromatic hydroxyl groups is 3. The van der Waals surface area contributed by atoms with Crippen LogP contribution in [0.5, 0.6) is 17.5 Å². The van der Waals surface area contributed by atoms with E-state index in [4.69, 9.17) is 0 Å². The lowest BCUT2D eigenvalue weighted by atomic mass is 9.91. The average Bonchev–Trinajstić information content (AvgIpc) is 3.10. The summed E-state index contributed by atoms with van der Waals surface area (Å²) in [4.78, 5) is 0. The van der Waals surface area contributed by atoms with Gasteiger partial charge in [0.2, 0.25) is 0 Å². The lowest BCUT2D eigenvalue weighted by Gasteiger charge is -2.22. The van der Waals surface area contributed by atoms with Crippen molar-refractivity contribution in [1.82, 2.24) is 20.1 Å². The zero-order valence-electron chi connectivity index (χ0n) is 17.3. The van der Waals surface area contributed by atoms with Gasteiger partial charge in [0.15, 0.2) is 5.82 Å². The maximum Gasteiger partial charge on any atom is 0.319 e. The molecule has 0 atom stereocenters. The average molecular weight is 409 g/mol. The van der Waals surface area contributed by atoms with E-state index >= 15 is 0 Å². The fraction of sp³-hybridized carbons (Fsp3) is 0.391. The van der Waals surface area contributed by atoms with Gasteiger partial charge in [-0.05, 0) is 73.5 Å². The van der Waals surface area contributed by atoms with Gasteiger partial charge in [-0.3, -0.25) is 0 Å². The van der Waals surface area contributed by atoms with Crippen molar-refractivity contribution in [3.63, 3.8) is 0 Å². The van der Waals surface area contributed by atoms with Gasteiger partial charge < -0.3 is 20.6 Å². The number of aromatic nitrogens is 3. The SMILES string of the molecule is CC(C)c1cc(-c2nnc(O)n2-c2ccc(CC3CCNCC3)cc2)c(O)cc1O. The van der Waals surface area contributed by atoms with Gasteiger partial charge in [0, 0.05) is 6.07 Å². The first kappa shape index (κ1) is 20.2. The molecule has 0 saturated carbocycles. The predicted octanol–water partition coefficient (Wildman–Crippen LogP) is 3.72. The van der Waals surface area contributed by atoms with Crippen molar-refractivity contribution >= 4 is 0 Å². The number of benzene rings is 2. The zero-order chi connectivity index (χ0) is 21.3. The van der Waals surface area contributed by atoms with Crippen LogP contribution in [0.3, 0.4) is 0 Å². The van der Waals surface area contributed by atoms with E-state index in [1.165, 1.54) is 29.0 Å². The summed E-state index contributed by atoms with van der Waals surface area (Å²) in [7, 11) is 0. The summed E-state index contributed by atoms with van der Waals surface area (Å²) < 4.78 is 1.50. The number of piperidine rings is 1. The third-order valence-corrected chi connectivity index (χ3v) is 5.83. The van der Waals surface area contributed by atoms with Gasteiger partial charge in [-0.2, -0.15) is 0 Å². The minimum atomic E-state index is -0.255. The number of phenols is 2. The first-order valence-electron chi connectivity index (χ1n) is 10.4. The van der Waals surface area contributed by atoms with E-state index in [9.17, 15) is 15.3 Å². The molecule has 0 spiro atoms. The highest BCUT2D eigenvalue weighted by molar-refractivity contribution is 5.69. The highest BCUT2D eigenvalue weighted by Crippen LogP contribution is 2.38. The molecule has 1 aliphatic heterocycles. The van der Waals surface area contributed by atoms with Gasteiger partial charge in [-0.1, -0.05) is 31.1 Å². The Balaban J connectivity index is 1.67. The molecule has 7 nitrogen and oxygen atoms in total. The molecule has 2 heterocycles. The summed E-state index contributed by atoms with van der Waals surface area (Å²) in [6.07, 6.45) is 3.42. The lowest BCUT2D eigenvalue weighted by Crippen LogP contribution is -2.28. The predicted molar refractivity (Wildman–Crippen MR) is 115 cm³/mol. The van der Waals surface area contributed by atoms with Crippen LogP contribution in [0.25, 0.3) is 17.1 Å². The molecule has 1 aromatic heterocycles. The van der Waals surface area contributed by atoms with Crippen molar-refractivity contribution in [2.45, 2.75) is 39.0 Å². The van der Waals surface area contributed by atoms with Gasteiger partial charge in [-0.25, -0.2) is 4.57 Å². The third kappa shape index (κ3) is 3.98. The van der Waals surface area contributed by atoms with Crippen LogP contribution in [-0.4, -0.2) is 43.2 Å². The van der Waals surface area contributed by atoms with Gasteiger partial charge in [0.05, 0.1) is 11.3 Å². The number of phenolic OH excluding ortho intramolecular Hbond substituents is 2. The molecule has 1 aliphatic rings. The summed E-state index contributed by atoms with van der Waals surface area (Å²) >= 11 is 0. The molecule has 0 aliphatic carbocycles. The molecule has 3 aromatic rings. The number of hydrogen-bond acceptors (Lipinski definition) is 6. The topological polar surface area (TPSA) is 103 Å². The van der Waals surface area contributed by atoms with Gasteiger partial charge in [0.25, 0.3) is 0 Å². The van der Waals surface area contributed by atoms with Gasteiger partial charge >= 0.3 is 6.01 Å². The molecule has 158 valence electrons. The van der Waals surface area contributed by atoms with E-state index in [2.05, 4.69) is 27.6 Å². The molecule has 4 N–H and O–H groups in total. The van der Waals surface area contributed by atoms with Crippen molar-refractivity contribution in [2.24, 2.45) is 5.92 Å². The molecular weight excluding hydrogens is 380 g/mol. The first-order chi connectivity index (χ1) is 14.4. The van der Waals surface area contributed by atoms with Crippen molar-refractivity contribution in [3.05, 3.63) is 47.5 Å². The van der Waals surface area contributed by atoms with Crippen LogP contribution in [-0.2, 0) is 6.42 Å². The molecule has 7 heteroatoms. The van der Waals surface area contributed by atoms with Crippen LogP contribution in [0.2, 0.25) is 0 Å². The molecule has 0 unspecified atom stereocenters. The minimum Gasteiger partial charge on any atom is -0.508 e. The first-order valence-corrected chi connectivity index (χ1v) is 10.4. The van der Waals surface area contributed by atoms with Crippen LogP contribution in [0, 0.1) is 5.92 Å². The van der Waals surface area contributed by atoms with Crippen LogP contribution < -0.4 is 5.32 Å². The Morgan fingerprint density at radius 1 is 1.00 bits per heavy atom. The highest BCUT2D eigenvalue weighted by Gasteiger charge is 2.21. The largest absolute Gasteiger partial charge is 0.508 e. The normalized spacial score (nSPS) is 15.0. The van der Waals surface area contributed by atoms with E-state index in [0.717, 1.165) is 19.5 Å². The van der Waals surface area contributed by atoms with E-state index < -0.39 is 0 Å². The molecule has 2 aromatic carbocycles. The Kier molecular flexibility index (Phi) is 5.63. The number of nitrogens with one attached hydrogen (secondary N) is 1. The molecule has 1 saturated heterocycles. The van der Waals surface area contributed by atoms with Crippen molar-refractivity contribution in [2.75, 3.05) is 13.1 Å². The van der Waals surface area contributed by atoms with E-state index in [1.54, 1.807) is 6.07 Å². The summed E-state index contributed by atoms with van der Waals surface area (Å²) in [6.45, 7) is 6.07. The van der Waals surface area contributed by atoms with E-state index in [-0.39, 0.29) is 23.4 Å². The summed E-state index contributed by atoms with van der Waals surface area (Å²) in [6, 6.07) is 10.7. The molecule has 0 radical (unpaired) electrons. The maximum atomic E-state index is 10.4. The zero-order valence-corrected chi connectivity index (χ0v) is 17.3. The second-order valence-corrected chi connectivity index (χ2v) is 8.31. The highest BCUT2D eigenvalue weighted by atomic mass is 16.3. The molecule has 1 fully saturated rings. The van der Waals surface area contributed by atoms with Crippen molar-refractivity contribution in [1.29, 1.82) is 0 Å². The Morgan fingerprint density at radius 3 is 2.37 bits per heavy atom. The van der Waals surface area contributed by atoms with Gasteiger partial charge in [-0.15, -0.1) is 5.10 Å². The molecule has 0 amide bonds.